The van der Waals surface area contributed by atoms with Crippen molar-refractivity contribution in [1.82, 2.24) is 20.4 Å². The van der Waals surface area contributed by atoms with E-state index in [9.17, 15) is 54.0 Å². The maximum Gasteiger partial charge on any atom is 0.407 e. The first-order chi connectivity index (χ1) is 33.6. The number of nitrogens with zero attached hydrogens (tertiary/aromatic N) is 3. The number of carboxylic acids is 1. The highest BCUT2D eigenvalue weighted by Crippen LogP contribution is 2.40. The maximum atomic E-state index is 13.6. The molecule has 0 aromatic heterocycles. The number of carboxylic acid groups (broad SMARTS) is 1. The number of unbranched alkanes of at least 4 members (excludes halogenated alkanes) is 2. The molecule has 0 spiro atoms. The van der Waals surface area contributed by atoms with E-state index in [4.69, 9.17) is 23.7 Å². The predicted octanol–water partition coefficient (Wildman–Crippen LogP) is 2.30. The number of aliphatic carboxylic acids is 1. The SMILES string of the molecule is COc1cc2c(cc1OC)C(=O)N1C=C(c3ccc(CNC(=O)OCc4ccc(O[C@@H]5OC(C(=O)O)[C@@H](O)C(O)C5O)c(NC(=O)CCNC(=O)CCCCCN5C(=O)C=CC5=O)c4)cc3)C[C@H]1C=N2. The quantitative estimate of drug-likeness (QED) is 0.0631. The van der Waals surface area contributed by atoms with Crippen LogP contribution in [0.4, 0.5) is 16.2 Å². The second-order valence-electron chi connectivity index (χ2n) is 16.6. The number of carbonyl (C=O) groups is 7. The summed E-state index contributed by atoms with van der Waals surface area (Å²) in [5, 5.41) is 48.5. The molecule has 370 valence electrons. The molecule has 0 bridgehead atoms. The van der Waals surface area contributed by atoms with E-state index in [0.29, 0.717) is 54.0 Å². The number of aliphatic hydroxyl groups is 3. The van der Waals surface area contributed by atoms with Crippen LogP contribution in [0.3, 0.4) is 0 Å². The molecule has 22 nitrogen and oxygen atoms in total. The van der Waals surface area contributed by atoms with Gasteiger partial charge in [0, 0.05) is 69.5 Å². The van der Waals surface area contributed by atoms with Crippen LogP contribution in [0.5, 0.6) is 17.2 Å². The fourth-order valence-corrected chi connectivity index (χ4v) is 7.97. The van der Waals surface area contributed by atoms with Gasteiger partial charge in [0.15, 0.2) is 17.6 Å². The average molecular weight is 969 g/mol. The lowest BCUT2D eigenvalue weighted by Gasteiger charge is -2.38. The number of aliphatic hydroxyl groups excluding tert-OH is 3. The number of methoxy groups -OCH3 is 2. The fourth-order valence-electron chi connectivity index (χ4n) is 7.97. The molecule has 4 aliphatic rings. The highest BCUT2D eigenvalue weighted by atomic mass is 16.7. The first-order valence-electron chi connectivity index (χ1n) is 22.3. The molecule has 6 atom stereocenters. The zero-order valence-corrected chi connectivity index (χ0v) is 38.1. The standard InChI is InChI=1S/C48H52N6O16/c1-66-35-20-31-32(21-36(35)67-2)50-23-30-19-29(24-54(30)45(31)62)28-10-7-26(8-11-28)22-51-48(65)68-25-27-9-12-34(69-47-43(61)41(59)42(60)44(70-47)46(63)64)33(18-27)52-38(56)15-16-49-37(55)6-4-3-5-17-53-39(57)13-14-40(53)58/h7-14,18,20-21,23-24,30,41-44,47,59-61H,3-6,15-17,19,22,25H2,1-2H3,(H,49,55)(H,51,65)(H,52,56)(H,63,64)/t30-,41?,42-,43?,44?,47+/m0/s1. The van der Waals surface area contributed by atoms with Crippen molar-refractivity contribution in [1.29, 1.82) is 0 Å². The third kappa shape index (κ3) is 12.0. The van der Waals surface area contributed by atoms with Crippen molar-refractivity contribution in [3.8, 4) is 17.2 Å². The summed E-state index contributed by atoms with van der Waals surface area (Å²) < 4.78 is 27.2. The molecule has 3 aromatic carbocycles. The van der Waals surface area contributed by atoms with Gasteiger partial charge in [0.25, 0.3) is 17.7 Å². The number of alkyl carbamates (subject to hydrolysis) is 1. The monoisotopic (exact) mass is 968 g/mol. The summed E-state index contributed by atoms with van der Waals surface area (Å²) in [6.07, 6.45) is -2.36. The Kier molecular flexibility index (Phi) is 16.2. The van der Waals surface area contributed by atoms with E-state index in [0.717, 1.165) is 21.6 Å². The first-order valence-corrected chi connectivity index (χ1v) is 22.3. The number of amides is 6. The van der Waals surface area contributed by atoms with E-state index >= 15 is 0 Å². The van der Waals surface area contributed by atoms with Gasteiger partial charge in [-0.25, -0.2) is 9.59 Å². The molecule has 1 fully saturated rings. The second kappa shape index (κ2) is 22.6. The number of imide groups is 1. The Morgan fingerprint density at radius 3 is 2.23 bits per heavy atom. The second-order valence-corrected chi connectivity index (χ2v) is 16.6. The van der Waals surface area contributed by atoms with E-state index < -0.39 is 48.7 Å². The summed E-state index contributed by atoms with van der Waals surface area (Å²) in [5.41, 5.74) is 3.75. The van der Waals surface area contributed by atoms with Gasteiger partial charge in [-0.05, 0) is 53.3 Å². The van der Waals surface area contributed by atoms with Crippen molar-refractivity contribution in [3.63, 3.8) is 0 Å². The molecule has 7 N–H and O–H groups in total. The lowest BCUT2D eigenvalue weighted by Crippen LogP contribution is -2.61. The zero-order chi connectivity index (χ0) is 50.1. The number of fused-ring (bicyclic) bond motifs is 2. The molecule has 4 heterocycles. The lowest BCUT2D eigenvalue weighted by atomic mass is 9.99. The molecular formula is C48H52N6O16. The maximum absolute atomic E-state index is 13.6. The number of nitrogens with one attached hydrogen (secondary N) is 3. The Bertz CT molecular complexity index is 2580. The van der Waals surface area contributed by atoms with Gasteiger partial charge < -0.3 is 65.0 Å². The van der Waals surface area contributed by atoms with Crippen LogP contribution >= 0.6 is 0 Å². The fraction of sp³-hybridized carbons (Fsp3) is 0.375. The molecular weight excluding hydrogens is 917 g/mol. The molecule has 0 aliphatic carbocycles. The van der Waals surface area contributed by atoms with Gasteiger partial charge >= 0.3 is 12.1 Å². The largest absolute Gasteiger partial charge is 0.493 e. The van der Waals surface area contributed by atoms with E-state index in [-0.39, 0.29) is 80.2 Å². The Labute approximate surface area is 400 Å². The molecule has 4 aliphatic heterocycles. The van der Waals surface area contributed by atoms with Crippen LogP contribution in [0.2, 0.25) is 0 Å². The van der Waals surface area contributed by atoms with Crippen LogP contribution in [0.1, 0.15) is 65.6 Å². The van der Waals surface area contributed by atoms with Crippen LogP contribution in [0, 0.1) is 0 Å². The van der Waals surface area contributed by atoms with Gasteiger partial charge in [-0.15, -0.1) is 0 Å². The smallest absolute Gasteiger partial charge is 0.407 e. The van der Waals surface area contributed by atoms with E-state index in [2.05, 4.69) is 20.9 Å². The van der Waals surface area contributed by atoms with Gasteiger partial charge in [0.05, 0.1) is 37.2 Å². The normalized spacial score (nSPS) is 21.3. The summed E-state index contributed by atoms with van der Waals surface area (Å²) >= 11 is 0. The predicted molar refractivity (Wildman–Crippen MR) is 246 cm³/mol. The van der Waals surface area contributed by atoms with Gasteiger partial charge in [0.1, 0.15) is 30.7 Å². The number of rotatable bonds is 20. The molecule has 0 saturated carbocycles. The van der Waals surface area contributed by atoms with Crippen LogP contribution in [0.25, 0.3) is 5.57 Å². The minimum Gasteiger partial charge on any atom is -0.493 e. The van der Waals surface area contributed by atoms with E-state index in [1.54, 1.807) is 29.4 Å². The number of hydrogen-bond donors (Lipinski definition) is 7. The third-order valence-corrected chi connectivity index (χ3v) is 11.8. The zero-order valence-electron chi connectivity index (χ0n) is 38.1. The highest BCUT2D eigenvalue weighted by Gasteiger charge is 2.48. The summed E-state index contributed by atoms with van der Waals surface area (Å²) in [6, 6.07) is 14.6. The van der Waals surface area contributed by atoms with Crippen molar-refractivity contribution in [2.75, 3.05) is 32.6 Å². The summed E-state index contributed by atoms with van der Waals surface area (Å²) in [4.78, 5) is 94.4. The summed E-state index contributed by atoms with van der Waals surface area (Å²) in [7, 11) is 3.01. The molecule has 1 saturated heterocycles. The Morgan fingerprint density at radius 1 is 0.800 bits per heavy atom. The van der Waals surface area contributed by atoms with Gasteiger partial charge in [0.2, 0.25) is 18.1 Å². The van der Waals surface area contributed by atoms with Gasteiger partial charge in [-0.1, -0.05) is 36.8 Å². The molecule has 70 heavy (non-hydrogen) atoms. The Hall–Kier alpha value is -7.66. The summed E-state index contributed by atoms with van der Waals surface area (Å²) in [5.74, 6) is -2.78. The van der Waals surface area contributed by atoms with E-state index in [1.165, 1.54) is 44.6 Å². The topological polar surface area (TPSA) is 301 Å². The Balaban J connectivity index is 0.917. The molecule has 6 amide bonds. The molecule has 22 heteroatoms. The highest BCUT2D eigenvalue weighted by molar-refractivity contribution is 6.12. The number of aliphatic imine (C=N–C) groups is 1. The minimum absolute atomic E-state index is 0.0299. The molecule has 7 rings (SSSR count). The molecule has 0 radical (unpaired) electrons. The van der Waals surface area contributed by atoms with Gasteiger partial charge in [-0.3, -0.25) is 33.9 Å². The van der Waals surface area contributed by atoms with E-state index in [1.807, 2.05) is 24.3 Å². The Morgan fingerprint density at radius 2 is 1.51 bits per heavy atom. The van der Waals surface area contributed by atoms with Crippen molar-refractivity contribution < 1.29 is 77.7 Å². The molecule has 3 unspecified atom stereocenters. The van der Waals surface area contributed by atoms with Crippen LogP contribution in [0.15, 0.2) is 77.9 Å². The van der Waals surface area contributed by atoms with Crippen LogP contribution in [-0.2, 0) is 46.6 Å². The third-order valence-electron chi connectivity index (χ3n) is 11.8. The molecule has 3 aromatic rings. The minimum atomic E-state index is -1.97. The van der Waals surface area contributed by atoms with Crippen LogP contribution in [-0.4, -0.2) is 142 Å². The summed E-state index contributed by atoms with van der Waals surface area (Å²) in [6.45, 7) is 0.00311. The lowest BCUT2D eigenvalue weighted by molar-refractivity contribution is -0.271. The van der Waals surface area contributed by atoms with Gasteiger partial charge in [-0.2, -0.15) is 0 Å². The number of anilines is 1. The van der Waals surface area contributed by atoms with Crippen molar-refractivity contribution in [2.45, 2.75) is 88.4 Å². The van der Waals surface area contributed by atoms with Crippen molar-refractivity contribution in [3.05, 3.63) is 95.2 Å². The number of carbonyl (C=O) groups excluding carboxylic acids is 6. The van der Waals surface area contributed by atoms with Crippen molar-refractivity contribution >= 4 is 64.8 Å². The number of ether oxygens (including phenoxy) is 5. The average Bonchev–Trinajstić information content (AvgIpc) is 3.89. The first kappa shape index (κ1) is 50.2. The van der Waals surface area contributed by atoms with Crippen LogP contribution < -0.4 is 30.2 Å². The number of benzene rings is 3. The van der Waals surface area contributed by atoms with Crippen molar-refractivity contribution in [2.24, 2.45) is 4.99 Å². The number of hydrogen-bond acceptors (Lipinski definition) is 16.